The van der Waals surface area contributed by atoms with E-state index in [1.54, 1.807) is 13.8 Å². The molecule has 8 heteroatoms. The molecule has 8 nitrogen and oxygen atoms in total. The van der Waals surface area contributed by atoms with Crippen molar-refractivity contribution in [1.82, 2.24) is 10.3 Å². The molecule has 1 aromatic heterocycles. The molecule has 0 bridgehead atoms. The minimum atomic E-state index is -0.957. The molecule has 3 unspecified atom stereocenters. The van der Waals surface area contributed by atoms with Gasteiger partial charge in [-0.05, 0) is 44.4 Å². The number of esters is 2. The summed E-state index contributed by atoms with van der Waals surface area (Å²) < 4.78 is 16.2. The molecule has 0 aliphatic rings. The van der Waals surface area contributed by atoms with Crippen molar-refractivity contribution in [3.8, 4) is 11.5 Å². The van der Waals surface area contributed by atoms with Gasteiger partial charge in [-0.25, -0.2) is 9.78 Å². The van der Waals surface area contributed by atoms with Gasteiger partial charge in [-0.15, -0.1) is 0 Å². The maximum Gasteiger partial charge on any atom is 0.328 e. The van der Waals surface area contributed by atoms with Gasteiger partial charge in [0.1, 0.15) is 12.1 Å². The molecule has 3 atom stereocenters. The average Bonchev–Trinajstić information content (AvgIpc) is 2.78. The molecule has 1 aromatic carbocycles. The fourth-order valence-corrected chi connectivity index (χ4v) is 3.56. The third-order valence-electron chi connectivity index (χ3n) is 5.68. The number of nitrogens with one attached hydrogen (secondary N) is 1. The lowest BCUT2D eigenvalue weighted by molar-refractivity contribution is -0.151. The zero-order valence-electron chi connectivity index (χ0n) is 21.1. The maximum absolute atomic E-state index is 12.9. The van der Waals surface area contributed by atoms with Crippen LogP contribution in [0.25, 0.3) is 0 Å². The summed E-state index contributed by atoms with van der Waals surface area (Å²) in [4.78, 5) is 41.8. The van der Waals surface area contributed by atoms with Gasteiger partial charge in [-0.3, -0.25) is 9.59 Å². The lowest BCUT2D eigenvalue weighted by Gasteiger charge is -2.25. The molecule has 0 saturated carbocycles. The first kappa shape index (κ1) is 26.8. The monoisotopic (exact) mass is 470 g/mol. The Morgan fingerprint density at radius 1 is 0.941 bits per heavy atom. The summed E-state index contributed by atoms with van der Waals surface area (Å²) in [5, 5.41) is 2.57. The van der Waals surface area contributed by atoms with Gasteiger partial charge in [0, 0.05) is 18.2 Å². The van der Waals surface area contributed by atoms with Gasteiger partial charge in [0.2, 0.25) is 5.75 Å². The summed E-state index contributed by atoms with van der Waals surface area (Å²) >= 11 is 0. The number of hydrogen-bond donors (Lipinski definition) is 1. The quantitative estimate of drug-likeness (QED) is 0.550. The molecule has 0 radical (unpaired) electrons. The Labute approximate surface area is 201 Å². The highest BCUT2D eigenvalue weighted by Crippen LogP contribution is 2.31. The van der Waals surface area contributed by atoms with Gasteiger partial charge in [0.05, 0.1) is 13.0 Å². The van der Waals surface area contributed by atoms with E-state index in [4.69, 9.17) is 14.2 Å². The van der Waals surface area contributed by atoms with Crippen molar-refractivity contribution in [2.75, 3.05) is 7.11 Å². The molecule has 0 fully saturated rings. The highest BCUT2D eigenvalue weighted by molar-refractivity contribution is 5.98. The van der Waals surface area contributed by atoms with Crippen LogP contribution in [0.5, 0.6) is 11.5 Å². The minimum absolute atomic E-state index is 0.0323. The van der Waals surface area contributed by atoms with E-state index in [-0.39, 0.29) is 23.1 Å². The first-order valence-electron chi connectivity index (χ1n) is 11.3. The Morgan fingerprint density at radius 2 is 1.56 bits per heavy atom. The van der Waals surface area contributed by atoms with Gasteiger partial charge in [0.25, 0.3) is 5.91 Å². The van der Waals surface area contributed by atoms with Crippen molar-refractivity contribution in [3.05, 3.63) is 52.8 Å². The SMILES string of the molecule is COc1ccnc(C(=O)NC(C)C(=O)OC(C)C(C)c2c(C)cccc2C)c1OC(=O)C(C)C. The average molecular weight is 471 g/mol. The second-order valence-electron chi connectivity index (χ2n) is 8.70. The largest absolute Gasteiger partial charge is 0.493 e. The Balaban J connectivity index is 2.13. The lowest BCUT2D eigenvalue weighted by Crippen LogP contribution is -2.41. The number of carbonyl (C=O) groups is 3. The smallest absolute Gasteiger partial charge is 0.328 e. The van der Waals surface area contributed by atoms with Crippen molar-refractivity contribution < 1.29 is 28.6 Å². The molecule has 0 spiro atoms. The molecule has 0 aliphatic heterocycles. The number of carbonyl (C=O) groups excluding carboxylic acids is 3. The van der Waals surface area contributed by atoms with Gasteiger partial charge in [-0.1, -0.05) is 39.0 Å². The van der Waals surface area contributed by atoms with Crippen LogP contribution in [0.4, 0.5) is 0 Å². The molecular weight excluding hydrogens is 436 g/mol. The molecule has 0 saturated heterocycles. The van der Waals surface area contributed by atoms with Crippen molar-refractivity contribution >= 4 is 17.8 Å². The summed E-state index contributed by atoms with van der Waals surface area (Å²) in [5.41, 5.74) is 3.23. The maximum atomic E-state index is 12.9. The van der Waals surface area contributed by atoms with Crippen molar-refractivity contribution in [2.45, 2.75) is 66.5 Å². The predicted octanol–water partition coefficient (Wildman–Crippen LogP) is 4.12. The molecule has 2 aromatic rings. The molecule has 1 amide bonds. The topological polar surface area (TPSA) is 104 Å². The highest BCUT2D eigenvalue weighted by Gasteiger charge is 2.28. The molecule has 0 aliphatic carbocycles. The van der Waals surface area contributed by atoms with Crippen LogP contribution in [0.1, 0.15) is 67.7 Å². The number of aryl methyl sites for hydroxylation is 2. The number of ether oxygens (including phenoxy) is 3. The zero-order chi connectivity index (χ0) is 25.6. The van der Waals surface area contributed by atoms with Crippen LogP contribution in [-0.4, -0.2) is 42.1 Å². The first-order chi connectivity index (χ1) is 16.0. The van der Waals surface area contributed by atoms with E-state index in [9.17, 15) is 14.4 Å². The third kappa shape index (κ3) is 6.34. The zero-order valence-corrected chi connectivity index (χ0v) is 21.1. The van der Waals surface area contributed by atoms with E-state index in [2.05, 4.69) is 10.3 Å². The van der Waals surface area contributed by atoms with Crippen molar-refractivity contribution in [1.29, 1.82) is 0 Å². The number of benzene rings is 1. The number of rotatable bonds is 9. The van der Waals surface area contributed by atoms with E-state index >= 15 is 0 Å². The summed E-state index contributed by atoms with van der Waals surface area (Å²) in [6.07, 6.45) is 0.946. The Hall–Kier alpha value is -3.42. The van der Waals surface area contributed by atoms with E-state index in [0.717, 1.165) is 16.7 Å². The van der Waals surface area contributed by atoms with E-state index in [1.165, 1.54) is 26.3 Å². The first-order valence-corrected chi connectivity index (χ1v) is 11.3. The van der Waals surface area contributed by atoms with E-state index in [0.29, 0.717) is 0 Å². The molecule has 184 valence electrons. The van der Waals surface area contributed by atoms with E-state index in [1.807, 2.05) is 45.9 Å². The summed E-state index contributed by atoms with van der Waals surface area (Å²) in [5.74, 6) is -2.18. The molecule has 1 N–H and O–H groups in total. The van der Waals surface area contributed by atoms with E-state index < -0.39 is 35.9 Å². The van der Waals surface area contributed by atoms with Gasteiger partial charge in [0.15, 0.2) is 11.4 Å². The number of pyridine rings is 1. The van der Waals surface area contributed by atoms with Crippen LogP contribution < -0.4 is 14.8 Å². The summed E-state index contributed by atoms with van der Waals surface area (Å²) in [7, 11) is 1.39. The van der Waals surface area contributed by atoms with Gasteiger partial charge in [-0.2, -0.15) is 0 Å². The van der Waals surface area contributed by atoms with Crippen LogP contribution in [0.3, 0.4) is 0 Å². The van der Waals surface area contributed by atoms with Crippen LogP contribution in [0.15, 0.2) is 30.5 Å². The Morgan fingerprint density at radius 3 is 2.12 bits per heavy atom. The Bertz CT molecular complexity index is 1030. The Kier molecular flexibility index (Phi) is 9.18. The fourth-order valence-electron chi connectivity index (χ4n) is 3.56. The third-order valence-corrected chi connectivity index (χ3v) is 5.68. The summed E-state index contributed by atoms with van der Waals surface area (Å²) in [6.45, 7) is 12.8. The number of methoxy groups -OCH3 is 1. The van der Waals surface area contributed by atoms with Crippen LogP contribution >= 0.6 is 0 Å². The summed E-state index contributed by atoms with van der Waals surface area (Å²) in [6, 6.07) is 6.58. The molecule has 34 heavy (non-hydrogen) atoms. The fraction of sp³-hybridized carbons (Fsp3) is 0.462. The predicted molar refractivity (Wildman–Crippen MR) is 128 cm³/mol. The molecule has 2 rings (SSSR count). The normalized spacial score (nSPS) is 13.6. The molecular formula is C26H34N2O6. The van der Waals surface area contributed by atoms with Crippen LogP contribution in [0, 0.1) is 19.8 Å². The number of hydrogen-bond acceptors (Lipinski definition) is 7. The lowest BCUT2D eigenvalue weighted by atomic mass is 9.89. The number of nitrogens with zero attached hydrogens (tertiary/aromatic N) is 1. The number of aromatic nitrogens is 1. The minimum Gasteiger partial charge on any atom is -0.493 e. The second kappa shape index (κ2) is 11.6. The highest BCUT2D eigenvalue weighted by atomic mass is 16.6. The second-order valence-corrected chi connectivity index (χ2v) is 8.70. The van der Waals surface area contributed by atoms with Crippen LogP contribution in [-0.2, 0) is 14.3 Å². The van der Waals surface area contributed by atoms with Crippen molar-refractivity contribution in [3.63, 3.8) is 0 Å². The number of amides is 1. The van der Waals surface area contributed by atoms with Crippen LogP contribution in [0.2, 0.25) is 0 Å². The standard InChI is InChI=1S/C26H34N2O6/c1-14(2)25(30)34-23-20(32-8)12-13-27-22(23)24(29)28-18(6)26(31)33-19(7)17(5)21-15(3)10-9-11-16(21)4/h9-14,17-19H,1-8H3,(H,28,29). The van der Waals surface area contributed by atoms with Gasteiger partial charge < -0.3 is 19.5 Å². The molecule has 1 heterocycles. The van der Waals surface area contributed by atoms with Crippen molar-refractivity contribution in [2.24, 2.45) is 5.92 Å². The van der Waals surface area contributed by atoms with Gasteiger partial charge >= 0.3 is 11.9 Å².